The van der Waals surface area contributed by atoms with Crippen molar-refractivity contribution < 1.29 is 9.53 Å². The Morgan fingerprint density at radius 3 is 2.89 bits per heavy atom. The van der Waals surface area contributed by atoms with Crippen LogP contribution in [-0.2, 0) is 9.53 Å². The van der Waals surface area contributed by atoms with Gasteiger partial charge in [-0.2, -0.15) is 0 Å². The number of halogens is 2. The lowest BCUT2D eigenvalue weighted by Crippen LogP contribution is -2.49. The van der Waals surface area contributed by atoms with E-state index in [1.54, 1.807) is 18.4 Å². The number of hydrogen-bond acceptors (Lipinski definition) is 4. The van der Waals surface area contributed by atoms with Crippen molar-refractivity contribution in [3.05, 3.63) is 19.2 Å². The van der Waals surface area contributed by atoms with Crippen molar-refractivity contribution in [2.75, 3.05) is 20.3 Å². The molecule has 2 heterocycles. The zero-order valence-corrected chi connectivity index (χ0v) is 14.6. The topological polar surface area (TPSA) is 55.6 Å². The number of carbonyl (C=O) groups excluding carboxylic acids is 1. The smallest absolute Gasteiger partial charge is 0.223 e. The highest BCUT2D eigenvalue weighted by atomic mass is 79.9. The van der Waals surface area contributed by atoms with Gasteiger partial charge in [0.25, 0.3) is 0 Å². The lowest BCUT2D eigenvalue weighted by Gasteiger charge is -2.39. The lowest BCUT2D eigenvalue weighted by atomic mass is 9.95. The number of ether oxygens (including phenoxy) is 1. The minimum Gasteiger partial charge on any atom is -0.383 e. The maximum Gasteiger partial charge on any atom is 0.223 e. The molecule has 106 valence electrons. The van der Waals surface area contributed by atoms with Gasteiger partial charge in [-0.3, -0.25) is 4.79 Å². The third-order valence-electron chi connectivity index (χ3n) is 3.25. The van der Waals surface area contributed by atoms with Crippen molar-refractivity contribution >= 4 is 49.1 Å². The Hall–Kier alpha value is 0.0500. The highest BCUT2D eigenvalue weighted by Gasteiger charge is 2.35. The molecule has 4 nitrogen and oxygen atoms in total. The predicted octanol–water partition coefficient (Wildman–Crippen LogP) is 2.91. The fourth-order valence-electron chi connectivity index (χ4n) is 2.30. The Morgan fingerprint density at radius 1 is 1.58 bits per heavy atom. The number of nitrogens with two attached hydrogens (primary N) is 1. The quantitative estimate of drug-likeness (QED) is 0.828. The Balaban J connectivity index is 2.27. The van der Waals surface area contributed by atoms with Gasteiger partial charge in [-0.1, -0.05) is 0 Å². The number of amides is 1. The number of nitrogens with zero attached hydrogens (tertiary/aromatic N) is 1. The third-order valence-corrected chi connectivity index (χ3v) is 6.57. The summed E-state index contributed by atoms with van der Waals surface area (Å²) in [5, 5.41) is 0. The number of methoxy groups -OCH3 is 1. The standard InChI is InChI=1S/C12H16Br2N2O2S/c1-18-5-4-16-10(17)3-2-8(15)11(16)9-6-7(13)12(14)19-9/h6,8,11H,2-5,15H2,1H3. The monoisotopic (exact) mass is 410 g/mol. The molecule has 0 spiro atoms. The van der Waals surface area contributed by atoms with E-state index in [1.165, 1.54) is 0 Å². The summed E-state index contributed by atoms with van der Waals surface area (Å²) in [5.41, 5.74) is 6.24. The summed E-state index contributed by atoms with van der Waals surface area (Å²) in [6.45, 7) is 1.11. The first-order valence-electron chi connectivity index (χ1n) is 6.03. The molecule has 1 aliphatic rings. The van der Waals surface area contributed by atoms with Crippen molar-refractivity contribution in [2.45, 2.75) is 24.9 Å². The van der Waals surface area contributed by atoms with Crippen LogP contribution in [0.1, 0.15) is 23.8 Å². The molecule has 7 heteroatoms. The molecule has 1 aliphatic heterocycles. The predicted molar refractivity (Wildman–Crippen MR) is 83.3 cm³/mol. The molecule has 0 aromatic carbocycles. The molecular formula is C12H16Br2N2O2S. The van der Waals surface area contributed by atoms with Gasteiger partial charge in [0.05, 0.1) is 16.4 Å². The van der Waals surface area contributed by atoms with E-state index in [0.29, 0.717) is 19.6 Å². The van der Waals surface area contributed by atoms with Crippen LogP contribution in [0.25, 0.3) is 0 Å². The van der Waals surface area contributed by atoms with Gasteiger partial charge >= 0.3 is 0 Å². The van der Waals surface area contributed by atoms with E-state index < -0.39 is 0 Å². The van der Waals surface area contributed by atoms with Crippen molar-refractivity contribution in [1.29, 1.82) is 0 Å². The highest BCUT2D eigenvalue weighted by Crippen LogP contribution is 2.40. The van der Waals surface area contributed by atoms with Crippen LogP contribution in [0.3, 0.4) is 0 Å². The van der Waals surface area contributed by atoms with Crippen LogP contribution >= 0.6 is 43.2 Å². The highest BCUT2D eigenvalue weighted by molar-refractivity contribution is 9.13. The van der Waals surface area contributed by atoms with Gasteiger partial charge in [0.15, 0.2) is 0 Å². The normalized spacial score (nSPS) is 24.0. The second-order valence-corrected chi connectivity index (χ2v) is 7.75. The first-order chi connectivity index (χ1) is 9.04. The second kappa shape index (κ2) is 6.67. The van der Waals surface area contributed by atoms with Gasteiger partial charge < -0.3 is 15.4 Å². The molecule has 1 fully saturated rings. The van der Waals surface area contributed by atoms with E-state index >= 15 is 0 Å². The molecular weight excluding hydrogens is 396 g/mol. The van der Waals surface area contributed by atoms with Crippen LogP contribution in [0.5, 0.6) is 0 Å². The first kappa shape index (κ1) is 15.4. The molecule has 1 aromatic heterocycles. The van der Waals surface area contributed by atoms with E-state index in [9.17, 15) is 4.79 Å². The number of thiophene rings is 1. The minimum absolute atomic E-state index is 0.0213. The van der Waals surface area contributed by atoms with E-state index in [2.05, 4.69) is 31.9 Å². The summed E-state index contributed by atoms with van der Waals surface area (Å²) in [7, 11) is 1.64. The first-order valence-corrected chi connectivity index (χ1v) is 8.43. The van der Waals surface area contributed by atoms with Gasteiger partial charge in [0, 0.05) is 35.5 Å². The van der Waals surface area contributed by atoms with Crippen molar-refractivity contribution in [3.63, 3.8) is 0 Å². The van der Waals surface area contributed by atoms with Gasteiger partial charge in [-0.05, 0) is 44.3 Å². The third kappa shape index (κ3) is 3.39. The molecule has 2 atom stereocenters. The average molecular weight is 412 g/mol. The zero-order valence-electron chi connectivity index (χ0n) is 10.6. The fraction of sp³-hybridized carbons (Fsp3) is 0.583. The van der Waals surface area contributed by atoms with Crippen LogP contribution in [-0.4, -0.2) is 37.1 Å². The Bertz CT molecular complexity index is 447. The molecule has 0 aliphatic carbocycles. The molecule has 2 unspecified atom stereocenters. The number of carbonyl (C=O) groups is 1. The van der Waals surface area contributed by atoms with E-state index in [-0.39, 0.29) is 18.0 Å². The zero-order chi connectivity index (χ0) is 14.0. The molecule has 0 bridgehead atoms. The summed E-state index contributed by atoms with van der Waals surface area (Å²) in [5.74, 6) is 0.157. The van der Waals surface area contributed by atoms with Crippen LogP contribution in [0.4, 0.5) is 0 Å². The van der Waals surface area contributed by atoms with Gasteiger partial charge in [0.2, 0.25) is 5.91 Å². The van der Waals surface area contributed by atoms with Crippen LogP contribution in [0.2, 0.25) is 0 Å². The molecule has 1 amide bonds. The second-order valence-electron chi connectivity index (χ2n) is 4.50. The summed E-state index contributed by atoms with van der Waals surface area (Å²) < 4.78 is 7.12. The maximum absolute atomic E-state index is 12.1. The lowest BCUT2D eigenvalue weighted by molar-refractivity contribution is -0.138. The van der Waals surface area contributed by atoms with Crippen LogP contribution < -0.4 is 5.73 Å². The molecule has 2 N–H and O–H groups in total. The number of rotatable bonds is 4. The molecule has 1 aromatic rings. The minimum atomic E-state index is -0.0519. The SMILES string of the molecule is COCCN1C(=O)CCC(N)C1c1cc(Br)c(Br)s1. The van der Waals surface area contributed by atoms with Crippen LogP contribution in [0.15, 0.2) is 14.3 Å². The van der Waals surface area contributed by atoms with Crippen molar-refractivity contribution in [1.82, 2.24) is 4.90 Å². The number of piperidine rings is 1. The summed E-state index contributed by atoms with van der Waals surface area (Å²) >= 11 is 8.60. The molecule has 0 radical (unpaired) electrons. The molecule has 2 rings (SSSR count). The van der Waals surface area contributed by atoms with Crippen molar-refractivity contribution in [2.24, 2.45) is 5.73 Å². The summed E-state index contributed by atoms with van der Waals surface area (Å²) in [6.07, 6.45) is 1.26. The largest absolute Gasteiger partial charge is 0.383 e. The van der Waals surface area contributed by atoms with Gasteiger partial charge in [0.1, 0.15) is 0 Å². The molecule has 0 saturated carbocycles. The van der Waals surface area contributed by atoms with Crippen molar-refractivity contribution in [3.8, 4) is 0 Å². The summed E-state index contributed by atoms with van der Waals surface area (Å²) in [6, 6.07) is 1.97. The van der Waals surface area contributed by atoms with E-state index in [0.717, 1.165) is 19.6 Å². The molecule has 19 heavy (non-hydrogen) atoms. The Labute approximate surface area is 133 Å². The number of likely N-dealkylation sites (tertiary alicyclic amines) is 1. The summed E-state index contributed by atoms with van der Waals surface area (Å²) in [4.78, 5) is 15.1. The van der Waals surface area contributed by atoms with Crippen LogP contribution in [0, 0.1) is 0 Å². The number of hydrogen-bond donors (Lipinski definition) is 1. The van der Waals surface area contributed by atoms with Gasteiger partial charge in [-0.25, -0.2) is 0 Å². The Morgan fingerprint density at radius 2 is 2.32 bits per heavy atom. The maximum atomic E-state index is 12.1. The van der Waals surface area contributed by atoms with E-state index in [1.807, 2.05) is 11.0 Å². The van der Waals surface area contributed by atoms with E-state index in [4.69, 9.17) is 10.5 Å². The van der Waals surface area contributed by atoms with Gasteiger partial charge in [-0.15, -0.1) is 11.3 Å². The molecule has 1 saturated heterocycles. The fourth-order valence-corrected chi connectivity index (χ4v) is 4.58. The Kier molecular flexibility index (Phi) is 5.42. The average Bonchev–Trinajstić information content (AvgIpc) is 2.70.